The average molecular weight is 431 g/mol. The SMILES string of the molecule is CCN1CCN2c3ccc([N+](=O)[O-])cc3C[C@@]3(C(=O)NC(=O)N(CCOC)C3=O)[C@H]2C1. The molecule has 2 atom stereocenters. The average Bonchev–Trinajstić information content (AvgIpc) is 2.76. The lowest BCUT2D eigenvalue weighted by Crippen LogP contribution is -2.75. The van der Waals surface area contributed by atoms with E-state index in [-0.39, 0.29) is 25.3 Å². The van der Waals surface area contributed by atoms with Crippen molar-refractivity contribution < 1.29 is 24.0 Å². The van der Waals surface area contributed by atoms with E-state index in [1.165, 1.54) is 19.2 Å². The number of ether oxygens (including phenoxy) is 1. The number of nitrogens with zero attached hydrogens (tertiary/aromatic N) is 4. The number of urea groups is 1. The molecule has 166 valence electrons. The number of benzene rings is 1. The van der Waals surface area contributed by atoms with Gasteiger partial charge in [-0.15, -0.1) is 0 Å². The number of imide groups is 2. The van der Waals surface area contributed by atoms with Crippen molar-refractivity contribution in [3.05, 3.63) is 33.9 Å². The van der Waals surface area contributed by atoms with Gasteiger partial charge in [-0.1, -0.05) is 6.92 Å². The molecule has 1 aromatic rings. The first-order chi connectivity index (χ1) is 14.8. The molecule has 1 spiro atoms. The first kappa shape index (κ1) is 21.2. The molecule has 1 N–H and O–H groups in total. The summed E-state index contributed by atoms with van der Waals surface area (Å²) in [5.74, 6) is -1.23. The molecule has 11 nitrogen and oxygen atoms in total. The van der Waals surface area contributed by atoms with Crippen LogP contribution in [0.4, 0.5) is 16.2 Å². The molecule has 0 bridgehead atoms. The molecule has 0 radical (unpaired) electrons. The van der Waals surface area contributed by atoms with Crippen molar-refractivity contribution in [2.24, 2.45) is 5.41 Å². The maximum absolute atomic E-state index is 13.7. The van der Waals surface area contributed by atoms with E-state index < -0.39 is 34.2 Å². The minimum atomic E-state index is -1.56. The van der Waals surface area contributed by atoms with E-state index in [4.69, 9.17) is 4.74 Å². The van der Waals surface area contributed by atoms with Crippen molar-refractivity contribution in [2.45, 2.75) is 19.4 Å². The third-order valence-electron chi connectivity index (χ3n) is 6.55. The third kappa shape index (κ3) is 3.24. The van der Waals surface area contributed by atoms with Gasteiger partial charge >= 0.3 is 6.03 Å². The Morgan fingerprint density at radius 3 is 2.74 bits per heavy atom. The number of rotatable bonds is 5. The van der Waals surface area contributed by atoms with Gasteiger partial charge in [0.1, 0.15) is 0 Å². The quantitative estimate of drug-likeness (QED) is 0.403. The largest absolute Gasteiger partial charge is 0.383 e. The minimum absolute atomic E-state index is 0.00976. The first-order valence-electron chi connectivity index (χ1n) is 10.3. The lowest BCUT2D eigenvalue weighted by atomic mass is 9.67. The number of anilines is 1. The van der Waals surface area contributed by atoms with Gasteiger partial charge in [0.25, 0.3) is 5.69 Å². The maximum atomic E-state index is 13.7. The van der Waals surface area contributed by atoms with E-state index in [1.807, 2.05) is 11.8 Å². The van der Waals surface area contributed by atoms with Crippen LogP contribution in [0.1, 0.15) is 12.5 Å². The highest BCUT2D eigenvalue weighted by atomic mass is 16.6. The monoisotopic (exact) mass is 431 g/mol. The zero-order valence-electron chi connectivity index (χ0n) is 17.5. The zero-order chi connectivity index (χ0) is 22.3. The van der Waals surface area contributed by atoms with Crippen molar-refractivity contribution in [1.82, 2.24) is 15.1 Å². The number of non-ortho nitro benzene ring substituents is 1. The van der Waals surface area contributed by atoms with Gasteiger partial charge in [-0.2, -0.15) is 0 Å². The summed E-state index contributed by atoms with van der Waals surface area (Å²) in [7, 11) is 1.46. The summed E-state index contributed by atoms with van der Waals surface area (Å²) in [6.07, 6.45) is -0.00976. The number of barbiturate groups is 1. The topological polar surface area (TPSA) is 125 Å². The van der Waals surface area contributed by atoms with Gasteiger partial charge in [0.2, 0.25) is 11.8 Å². The molecule has 2 saturated heterocycles. The van der Waals surface area contributed by atoms with Crippen LogP contribution in [0.25, 0.3) is 0 Å². The van der Waals surface area contributed by atoms with Gasteiger partial charge in [0, 0.05) is 51.0 Å². The van der Waals surface area contributed by atoms with Crippen LogP contribution in [0.3, 0.4) is 0 Å². The summed E-state index contributed by atoms with van der Waals surface area (Å²) in [5, 5.41) is 13.7. The molecule has 0 saturated carbocycles. The summed E-state index contributed by atoms with van der Waals surface area (Å²) in [6, 6.07) is 3.29. The molecule has 3 aliphatic rings. The molecule has 2 fully saturated rings. The fourth-order valence-corrected chi connectivity index (χ4v) is 4.90. The van der Waals surface area contributed by atoms with Gasteiger partial charge < -0.3 is 9.64 Å². The second kappa shape index (κ2) is 7.89. The van der Waals surface area contributed by atoms with Crippen molar-refractivity contribution in [3.8, 4) is 0 Å². The van der Waals surface area contributed by atoms with Gasteiger partial charge in [0.05, 0.1) is 24.1 Å². The lowest BCUT2D eigenvalue weighted by Gasteiger charge is -2.55. The Bertz CT molecular complexity index is 952. The number of nitrogens with one attached hydrogen (secondary N) is 1. The first-order valence-corrected chi connectivity index (χ1v) is 10.3. The molecule has 4 amide bonds. The van der Waals surface area contributed by atoms with Crippen LogP contribution in [0.15, 0.2) is 18.2 Å². The van der Waals surface area contributed by atoms with Gasteiger partial charge in [-0.3, -0.25) is 34.8 Å². The van der Waals surface area contributed by atoms with Crippen LogP contribution in [0, 0.1) is 15.5 Å². The smallest absolute Gasteiger partial charge is 0.330 e. The fraction of sp³-hybridized carbons (Fsp3) is 0.550. The van der Waals surface area contributed by atoms with E-state index in [1.54, 1.807) is 6.07 Å². The molecular formula is C20H25N5O6. The molecule has 3 aliphatic heterocycles. The van der Waals surface area contributed by atoms with Crippen molar-refractivity contribution >= 4 is 29.2 Å². The van der Waals surface area contributed by atoms with Crippen LogP contribution in [-0.2, 0) is 20.7 Å². The van der Waals surface area contributed by atoms with Crippen LogP contribution >= 0.6 is 0 Å². The minimum Gasteiger partial charge on any atom is -0.383 e. The molecule has 3 heterocycles. The molecule has 0 unspecified atom stereocenters. The number of carbonyl (C=O) groups is 3. The van der Waals surface area contributed by atoms with E-state index >= 15 is 0 Å². The molecule has 1 aromatic carbocycles. The summed E-state index contributed by atoms with van der Waals surface area (Å²) in [5.41, 5.74) is -0.314. The third-order valence-corrected chi connectivity index (χ3v) is 6.55. The Hall–Kier alpha value is -3.05. The molecule has 4 rings (SSSR count). The number of methoxy groups -OCH3 is 1. The van der Waals surface area contributed by atoms with E-state index in [0.29, 0.717) is 18.7 Å². The molecule has 31 heavy (non-hydrogen) atoms. The molecule has 0 aliphatic carbocycles. The fourth-order valence-electron chi connectivity index (χ4n) is 4.90. The molecule has 0 aromatic heterocycles. The highest BCUT2D eigenvalue weighted by molar-refractivity contribution is 6.20. The predicted molar refractivity (Wildman–Crippen MR) is 110 cm³/mol. The highest BCUT2D eigenvalue weighted by Crippen LogP contribution is 2.46. The number of hydrogen-bond acceptors (Lipinski definition) is 8. The van der Waals surface area contributed by atoms with Crippen LogP contribution in [-0.4, -0.2) is 85.1 Å². The molecular weight excluding hydrogens is 406 g/mol. The second-order valence-electron chi connectivity index (χ2n) is 8.03. The van der Waals surface area contributed by atoms with Gasteiger partial charge in [0.15, 0.2) is 5.41 Å². The van der Waals surface area contributed by atoms with E-state index in [0.717, 1.165) is 23.7 Å². The summed E-state index contributed by atoms with van der Waals surface area (Å²) in [4.78, 5) is 55.5. The lowest BCUT2D eigenvalue weighted by molar-refractivity contribution is -0.384. The highest BCUT2D eigenvalue weighted by Gasteiger charge is 2.62. The number of carbonyl (C=O) groups excluding carboxylic acids is 3. The van der Waals surface area contributed by atoms with Crippen LogP contribution < -0.4 is 10.2 Å². The Balaban J connectivity index is 1.85. The Morgan fingerprint density at radius 1 is 1.29 bits per heavy atom. The summed E-state index contributed by atoms with van der Waals surface area (Å²) >= 11 is 0. The Labute approximate surface area is 179 Å². The Morgan fingerprint density at radius 2 is 2.06 bits per heavy atom. The van der Waals surface area contributed by atoms with E-state index in [2.05, 4.69) is 10.2 Å². The molecule has 11 heteroatoms. The number of hydrogen-bond donors (Lipinski definition) is 1. The van der Waals surface area contributed by atoms with Crippen molar-refractivity contribution in [2.75, 3.05) is 51.3 Å². The Kier molecular flexibility index (Phi) is 5.40. The van der Waals surface area contributed by atoms with Gasteiger partial charge in [-0.05, 0) is 18.2 Å². The number of nitro benzene ring substituents is 1. The number of fused-ring (bicyclic) bond motifs is 4. The van der Waals surface area contributed by atoms with E-state index in [9.17, 15) is 24.5 Å². The maximum Gasteiger partial charge on any atom is 0.330 e. The summed E-state index contributed by atoms with van der Waals surface area (Å²) < 4.78 is 5.03. The summed E-state index contributed by atoms with van der Waals surface area (Å²) in [6.45, 7) is 4.70. The van der Waals surface area contributed by atoms with Gasteiger partial charge in [-0.25, -0.2) is 4.79 Å². The standard InChI is InChI=1S/C20H25N5O6/c1-3-22-6-7-23-15-5-4-14(25(29)30)10-13(15)11-20(16(23)12-22)17(26)21-19(28)24(18(20)27)8-9-31-2/h4-5,10,16H,3,6-9,11-12H2,1-2H3,(H,21,26,28)/t16-,20+/m1/s1. The van der Waals surface area contributed by atoms with Crippen LogP contribution in [0.5, 0.6) is 0 Å². The van der Waals surface area contributed by atoms with Crippen LogP contribution in [0.2, 0.25) is 0 Å². The number of nitro groups is 1. The normalized spacial score (nSPS) is 26.0. The number of piperazine rings is 1. The number of amides is 4. The predicted octanol–water partition coefficient (Wildman–Crippen LogP) is 0.373. The number of likely N-dealkylation sites (N-methyl/N-ethyl adjacent to an activating group) is 1. The zero-order valence-corrected chi connectivity index (χ0v) is 17.5. The van der Waals surface area contributed by atoms with Crippen molar-refractivity contribution in [1.29, 1.82) is 0 Å². The van der Waals surface area contributed by atoms with Crippen molar-refractivity contribution in [3.63, 3.8) is 0 Å². The second-order valence-corrected chi connectivity index (χ2v) is 8.03.